The van der Waals surface area contributed by atoms with Gasteiger partial charge in [-0.3, -0.25) is 0 Å². The van der Waals surface area contributed by atoms with Crippen LogP contribution < -0.4 is 0 Å². The van der Waals surface area contributed by atoms with Crippen molar-refractivity contribution in [1.82, 2.24) is 14.3 Å². The molecule has 11 rings (SSSR count). The van der Waals surface area contributed by atoms with Gasteiger partial charge in [-0.05, 0) is 86.6 Å². The zero-order valence-corrected chi connectivity index (χ0v) is 31.7. The van der Waals surface area contributed by atoms with Gasteiger partial charge in [-0.1, -0.05) is 182 Å². The molecule has 0 amide bonds. The van der Waals surface area contributed by atoms with E-state index in [9.17, 15) is 0 Å². The Balaban J connectivity index is 0.971. The van der Waals surface area contributed by atoms with Gasteiger partial charge in [0, 0.05) is 27.6 Å². The maximum atomic E-state index is 5.21. The highest BCUT2D eigenvalue weighted by Crippen LogP contribution is 2.40. The number of aromatic nitrogens is 3. The second-order valence-electron chi connectivity index (χ2n) is 14.8. The van der Waals surface area contributed by atoms with E-state index in [0.717, 1.165) is 39.5 Å². The van der Waals surface area contributed by atoms with Gasteiger partial charge in [0.25, 0.3) is 0 Å². The Morgan fingerprint density at radius 3 is 1.40 bits per heavy atom. The van der Waals surface area contributed by atoms with Crippen LogP contribution in [0.3, 0.4) is 0 Å². The standard InChI is InChI=1S/C55H37N3/c1-2-16-41(17-3-1)52-37-55(49-26-14-18-38-15-4-5-21-46(38)49)58(56-52)43-35-31-40(32-36-43)45-20-7-9-23-48(45)47-22-8-6-19-44(47)39-29-33-42(34-30-39)57-53-27-12-10-24-50(53)51-25-11-13-28-54(51)57/h1-37H. The van der Waals surface area contributed by atoms with E-state index in [1.54, 1.807) is 0 Å². The molecule has 0 atom stereocenters. The monoisotopic (exact) mass is 739 g/mol. The topological polar surface area (TPSA) is 22.8 Å². The molecule has 0 radical (unpaired) electrons. The van der Waals surface area contributed by atoms with Gasteiger partial charge in [0.05, 0.1) is 28.1 Å². The molecule has 0 aliphatic rings. The predicted octanol–water partition coefficient (Wildman–Crippen LogP) is 14.5. The van der Waals surface area contributed by atoms with Crippen LogP contribution in [-0.2, 0) is 0 Å². The van der Waals surface area contributed by atoms with E-state index in [4.69, 9.17) is 5.10 Å². The highest BCUT2D eigenvalue weighted by atomic mass is 15.3. The van der Waals surface area contributed by atoms with Crippen molar-refractivity contribution in [2.45, 2.75) is 0 Å². The molecule has 2 heterocycles. The molecule has 0 fully saturated rings. The number of benzene rings is 9. The highest BCUT2D eigenvalue weighted by Gasteiger charge is 2.18. The van der Waals surface area contributed by atoms with Gasteiger partial charge in [0.15, 0.2) is 0 Å². The summed E-state index contributed by atoms with van der Waals surface area (Å²) in [6.07, 6.45) is 0. The zero-order chi connectivity index (χ0) is 38.4. The quantitative estimate of drug-likeness (QED) is 0.160. The van der Waals surface area contributed by atoms with E-state index in [1.165, 1.54) is 60.4 Å². The second kappa shape index (κ2) is 14.1. The van der Waals surface area contributed by atoms with Crippen molar-refractivity contribution < 1.29 is 0 Å². The minimum atomic E-state index is 0.942. The third kappa shape index (κ3) is 5.72. The van der Waals surface area contributed by atoms with E-state index in [0.29, 0.717) is 0 Å². The van der Waals surface area contributed by atoms with E-state index >= 15 is 0 Å². The average Bonchev–Trinajstić information content (AvgIpc) is 3.90. The van der Waals surface area contributed by atoms with Crippen molar-refractivity contribution in [2.24, 2.45) is 0 Å². The molecule has 0 unspecified atom stereocenters. The average molecular weight is 740 g/mol. The van der Waals surface area contributed by atoms with Gasteiger partial charge in [0.2, 0.25) is 0 Å². The van der Waals surface area contributed by atoms with Crippen molar-refractivity contribution in [3.8, 4) is 67.3 Å². The molecule has 0 aliphatic heterocycles. The Kier molecular flexibility index (Phi) is 8.15. The van der Waals surface area contributed by atoms with Gasteiger partial charge in [-0.15, -0.1) is 0 Å². The van der Waals surface area contributed by atoms with Crippen LogP contribution >= 0.6 is 0 Å². The first-order valence-electron chi connectivity index (χ1n) is 19.8. The maximum absolute atomic E-state index is 5.21. The largest absolute Gasteiger partial charge is 0.309 e. The maximum Gasteiger partial charge on any atom is 0.0934 e. The number of nitrogens with zero attached hydrogens (tertiary/aromatic N) is 3. The van der Waals surface area contributed by atoms with E-state index < -0.39 is 0 Å². The molecule has 2 aromatic heterocycles. The first-order valence-corrected chi connectivity index (χ1v) is 19.8. The molecule has 0 bridgehead atoms. The van der Waals surface area contributed by atoms with Crippen LogP contribution in [-0.4, -0.2) is 14.3 Å². The summed E-state index contributed by atoms with van der Waals surface area (Å²) in [5, 5.41) is 10.2. The fourth-order valence-corrected chi connectivity index (χ4v) is 8.68. The van der Waals surface area contributed by atoms with Gasteiger partial charge in [-0.2, -0.15) is 5.10 Å². The summed E-state index contributed by atoms with van der Waals surface area (Å²) in [6, 6.07) is 80.4. The molecule has 0 saturated carbocycles. The molecule has 0 aliphatic carbocycles. The van der Waals surface area contributed by atoms with Crippen LogP contribution in [0.25, 0.3) is 99.8 Å². The number of para-hydroxylation sites is 2. The molecule has 11 aromatic rings. The lowest BCUT2D eigenvalue weighted by molar-refractivity contribution is 0.893. The third-order valence-electron chi connectivity index (χ3n) is 11.4. The van der Waals surface area contributed by atoms with E-state index in [-0.39, 0.29) is 0 Å². The third-order valence-corrected chi connectivity index (χ3v) is 11.4. The lowest BCUT2D eigenvalue weighted by atomic mass is 9.89. The van der Waals surface area contributed by atoms with Crippen molar-refractivity contribution in [1.29, 1.82) is 0 Å². The fourth-order valence-electron chi connectivity index (χ4n) is 8.68. The van der Waals surface area contributed by atoms with Crippen LogP contribution in [0.1, 0.15) is 0 Å². The van der Waals surface area contributed by atoms with Crippen molar-refractivity contribution >= 4 is 32.6 Å². The summed E-state index contributed by atoms with van der Waals surface area (Å²) in [4.78, 5) is 0. The predicted molar refractivity (Wildman–Crippen MR) is 243 cm³/mol. The minimum Gasteiger partial charge on any atom is -0.309 e. The van der Waals surface area contributed by atoms with Crippen LogP contribution in [0, 0.1) is 0 Å². The van der Waals surface area contributed by atoms with Crippen LogP contribution in [0.2, 0.25) is 0 Å². The zero-order valence-electron chi connectivity index (χ0n) is 31.7. The number of hydrogen-bond donors (Lipinski definition) is 0. The lowest BCUT2D eigenvalue weighted by Gasteiger charge is -2.16. The summed E-state index contributed by atoms with van der Waals surface area (Å²) in [5.74, 6) is 0. The number of fused-ring (bicyclic) bond motifs is 4. The first-order chi connectivity index (χ1) is 28.8. The summed E-state index contributed by atoms with van der Waals surface area (Å²) in [7, 11) is 0. The van der Waals surface area contributed by atoms with E-state index in [2.05, 4.69) is 228 Å². The Labute approximate surface area is 337 Å². The molecule has 58 heavy (non-hydrogen) atoms. The molecule has 0 N–H and O–H groups in total. The van der Waals surface area contributed by atoms with Gasteiger partial charge in [-0.25, -0.2) is 4.68 Å². The van der Waals surface area contributed by atoms with Crippen LogP contribution in [0.5, 0.6) is 0 Å². The molecule has 3 nitrogen and oxygen atoms in total. The smallest absolute Gasteiger partial charge is 0.0934 e. The van der Waals surface area contributed by atoms with Crippen molar-refractivity contribution in [3.05, 3.63) is 224 Å². The van der Waals surface area contributed by atoms with Gasteiger partial charge >= 0.3 is 0 Å². The fraction of sp³-hybridized carbons (Fsp3) is 0. The summed E-state index contributed by atoms with van der Waals surface area (Å²) in [5.41, 5.74) is 15.9. The Morgan fingerprint density at radius 1 is 0.310 bits per heavy atom. The number of hydrogen-bond acceptors (Lipinski definition) is 1. The summed E-state index contributed by atoms with van der Waals surface area (Å²) >= 11 is 0. The Bertz CT molecular complexity index is 3200. The van der Waals surface area contributed by atoms with Gasteiger partial charge < -0.3 is 4.57 Å². The van der Waals surface area contributed by atoms with Crippen molar-refractivity contribution in [3.63, 3.8) is 0 Å². The van der Waals surface area contributed by atoms with Crippen molar-refractivity contribution in [2.75, 3.05) is 0 Å². The molecular formula is C55H37N3. The minimum absolute atomic E-state index is 0.942. The molecular weight excluding hydrogens is 703 g/mol. The molecule has 9 aromatic carbocycles. The van der Waals surface area contributed by atoms with Gasteiger partial charge in [0.1, 0.15) is 0 Å². The number of rotatable bonds is 7. The van der Waals surface area contributed by atoms with E-state index in [1.807, 2.05) is 6.07 Å². The van der Waals surface area contributed by atoms with Crippen LogP contribution in [0.4, 0.5) is 0 Å². The normalized spacial score (nSPS) is 11.4. The Morgan fingerprint density at radius 2 is 0.776 bits per heavy atom. The second-order valence-corrected chi connectivity index (χ2v) is 14.8. The molecule has 0 saturated heterocycles. The summed E-state index contributed by atoms with van der Waals surface area (Å²) < 4.78 is 4.47. The first kappa shape index (κ1) is 33.6. The van der Waals surface area contributed by atoms with Crippen LogP contribution in [0.15, 0.2) is 224 Å². The molecule has 3 heteroatoms. The molecule has 272 valence electrons. The molecule has 0 spiro atoms. The lowest BCUT2D eigenvalue weighted by Crippen LogP contribution is -2.00. The Hall–Kier alpha value is -7.75. The SMILES string of the molecule is c1ccc(-c2cc(-c3cccc4ccccc34)n(-c3ccc(-c4ccccc4-c4ccccc4-c4ccc(-n5c6ccccc6c6ccccc65)cc4)cc3)n2)cc1. The summed E-state index contributed by atoms with van der Waals surface area (Å²) in [6.45, 7) is 0. The highest BCUT2D eigenvalue weighted by molar-refractivity contribution is 6.09.